The maximum atomic E-state index is 12.8. The maximum absolute atomic E-state index is 12.8. The van der Waals surface area contributed by atoms with E-state index >= 15 is 0 Å². The van der Waals surface area contributed by atoms with Crippen molar-refractivity contribution in [2.24, 2.45) is 0 Å². The highest BCUT2D eigenvalue weighted by atomic mass is 19.1. The molecule has 18 heavy (non-hydrogen) atoms. The van der Waals surface area contributed by atoms with E-state index in [9.17, 15) is 9.18 Å². The molecule has 0 spiro atoms. The predicted octanol–water partition coefficient (Wildman–Crippen LogP) is 3.30. The second-order valence-corrected chi connectivity index (χ2v) is 4.20. The molecule has 0 unspecified atom stereocenters. The SMILES string of the molecule is CC(C)c1nc(-c2ccc(F)cc2)c(C(=O)O)o1. The van der Waals surface area contributed by atoms with Crippen LogP contribution in [0, 0.1) is 5.82 Å². The zero-order valence-electron chi connectivity index (χ0n) is 9.98. The lowest BCUT2D eigenvalue weighted by molar-refractivity contribution is 0.0661. The topological polar surface area (TPSA) is 63.3 Å². The fraction of sp³-hybridized carbons (Fsp3) is 0.231. The Hall–Kier alpha value is -2.17. The minimum atomic E-state index is -1.19. The molecule has 0 amide bonds. The number of hydrogen-bond donors (Lipinski definition) is 1. The molecule has 2 aromatic rings. The average Bonchev–Trinajstić information content (AvgIpc) is 2.75. The number of carboxylic acid groups (broad SMARTS) is 1. The largest absolute Gasteiger partial charge is 0.475 e. The van der Waals surface area contributed by atoms with Gasteiger partial charge in [0.25, 0.3) is 0 Å². The summed E-state index contributed by atoms with van der Waals surface area (Å²) >= 11 is 0. The van der Waals surface area contributed by atoms with Gasteiger partial charge in [-0.05, 0) is 24.3 Å². The van der Waals surface area contributed by atoms with Crippen LogP contribution in [0.25, 0.3) is 11.3 Å². The predicted molar refractivity (Wildman–Crippen MR) is 62.9 cm³/mol. The van der Waals surface area contributed by atoms with Gasteiger partial charge < -0.3 is 9.52 Å². The lowest BCUT2D eigenvalue weighted by atomic mass is 10.1. The van der Waals surface area contributed by atoms with E-state index in [1.165, 1.54) is 24.3 Å². The molecule has 5 heteroatoms. The zero-order valence-corrected chi connectivity index (χ0v) is 9.98. The minimum absolute atomic E-state index is 0.0164. The van der Waals surface area contributed by atoms with Crippen molar-refractivity contribution >= 4 is 5.97 Å². The first kappa shape index (κ1) is 12.3. The summed E-state index contributed by atoms with van der Waals surface area (Å²) in [6, 6.07) is 5.46. The van der Waals surface area contributed by atoms with Crippen LogP contribution in [0.15, 0.2) is 28.7 Å². The van der Waals surface area contributed by atoms with Gasteiger partial charge in [-0.1, -0.05) is 13.8 Å². The summed E-state index contributed by atoms with van der Waals surface area (Å²) in [6.45, 7) is 3.71. The number of oxazole rings is 1. The standard InChI is InChI=1S/C13H12FNO3/c1-7(2)12-15-10(11(18-12)13(16)17)8-3-5-9(14)6-4-8/h3-7H,1-2H3,(H,16,17). The minimum Gasteiger partial charge on any atom is -0.475 e. The molecule has 0 bridgehead atoms. The third-order valence-electron chi connectivity index (χ3n) is 2.45. The van der Waals surface area contributed by atoms with Crippen molar-refractivity contribution in [2.45, 2.75) is 19.8 Å². The van der Waals surface area contributed by atoms with Gasteiger partial charge in [-0.2, -0.15) is 0 Å². The molecule has 0 aliphatic heterocycles. The Morgan fingerprint density at radius 1 is 1.33 bits per heavy atom. The molecule has 4 nitrogen and oxygen atoms in total. The van der Waals surface area contributed by atoms with Gasteiger partial charge in [0.05, 0.1) is 0 Å². The highest BCUT2D eigenvalue weighted by molar-refractivity contribution is 5.91. The van der Waals surface area contributed by atoms with Crippen LogP contribution in [0.2, 0.25) is 0 Å². The molecule has 1 aromatic carbocycles. The molecule has 94 valence electrons. The third-order valence-corrected chi connectivity index (χ3v) is 2.45. The van der Waals surface area contributed by atoms with Crippen molar-refractivity contribution in [3.8, 4) is 11.3 Å². The summed E-state index contributed by atoms with van der Waals surface area (Å²) in [5.41, 5.74) is 0.746. The molecule has 0 fully saturated rings. The summed E-state index contributed by atoms with van der Waals surface area (Å²) in [5, 5.41) is 9.07. The summed E-state index contributed by atoms with van der Waals surface area (Å²) in [5.74, 6) is -1.45. The van der Waals surface area contributed by atoms with Crippen LogP contribution in [0.4, 0.5) is 4.39 Å². The van der Waals surface area contributed by atoms with Gasteiger partial charge in [-0.15, -0.1) is 0 Å². The first-order valence-electron chi connectivity index (χ1n) is 5.49. The number of hydrogen-bond acceptors (Lipinski definition) is 3. The molecule has 0 atom stereocenters. The highest BCUT2D eigenvalue weighted by Gasteiger charge is 2.22. The van der Waals surface area contributed by atoms with Crippen molar-refractivity contribution < 1.29 is 18.7 Å². The van der Waals surface area contributed by atoms with E-state index in [2.05, 4.69) is 4.98 Å². The van der Waals surface area contributed by atoms with Crippen LogP contribution < -0.4 is 0 Å². The number of benzene rings is 1. The Kier molecular flexibility index (Phi) is 3.14. The van der Waals surface area contributed by atoms with E-state index in [-0.39, 0.29) is 23.2 Å². The van der Waals surface area contributed by atoms with Crippen LogP contribution in [-0.2, 0) is 0 Å². The van der Waals surface area contributed by atoms with Gasteiger partial charge in [-0.25, -0.2) is 14.2 Å². The van der Waals surface area contributed by atoms with E-state index in [1.54, 1.807) is 0 Å². The van der Waals surface area contributed by atoms with Gasteiger partial charge in [0.15, 0.2) is 5.89 Å². The fourth-order valence-corrected chi connectivity index (χ4v) is 1.53. The number of aromatic carboxylic acids is 1. The van der Waals surface area contributed by atoms with Crippen molar-refractivity contribution in [1.82, 2.24) is 4.98 Å². The van der Waals surface area contributed by atoms with E-state index in [0.29, 0.717) is 11.5 Å². The lowest BCUT2D eigenvalue weighted by Gasteiger charge is -1.97. The Labute approximate surface area is 103 Å². The van der Waals surface area contributed by atoms with Gasteiger partial charge in [0, 0.05) is 11.5 Å². The van der Waals surface area contributed by atoms with Crippen LogP contribution in [0.5, 0.6) is 0 Å². The average molecular weight is 249 g/mol. The second kappa shape index (κ2) is 4.60. The molecule has 0 saturated carbocycles. The number of halogens is 1. The van der Waals surface area contributed by atoms with Crippen molar-refractivity contribution in [2.75, 3.05) is 0 Å². The summed E-state index contributed by atoms with van der Waals surface area (Å²) in [7, 11) is 0. The summed E-state index contributed by atoms with van der Waals surface area (Å²) < 4.78 is 18.1. The molecule has 1 heterocycles. The Bertz CT molecular complexity index is 572. The molecular weight excluding hydrogens is 237 g/mol. The molecule has 0 radical (unpaired) electrons. The third kappa shape index (κ3) is 2.25. The number of aromatic nitrogens is 1. The van der Waals surface area contributed by atoms with Gasteiger partial charge in [-0.3, -0.25) is 0 Å². The normalized spacial score (nSPS) is 10.9. The monoisotopic (exact) mass is 249 g/mol. The first-order valence-corrected chi connectivity index (χ1v) is 5.49. The lowest BCUT2D eigenvalue weighted by Crippen LogP contribution is -1.96. The van der Waals surface area contributed by atoms with E-state index < -0.39 is 5.97 Å². The van der Waals surface area contributed by atoms with Gasteiger partial charge >= 0.3 is 5.97 Å². The Balaban J connectivity index is 2.55. The quantitative estimate of drug-likeness (QED) is 0.906. The number of rotatable bonds is 3. The molecule has 1 aromatic heterocycles. The molecule has 1 N–H and O–H groups in total. The Morgan fingerprint density at radius 2 is 1.94 bits per heavy atom. The molecule has 2 rings (SSSR count). The van der Waals surface area contributed by atoms with Crippen LogP contribution in [-0.4, -0.2) is 16.1 Å². The Morgan fingerprint density at radius 3 is 2.44 bits per heavy atom. The zero-order chi connectivity index (χ0) is 13.3. The van der Waals surface area contributed by atoms with Crippen molar-refractivity contribution in [3.63, 3.8) is 0 Å². The molecule has 0 aliphatic carbocycles. The first-order chi connectivity index (χ1) is 8.49. The van der Waals surface area contributed by atoms with Crippen LogP contribution in [0.1, 0.15) is 36.2 Å². The van der Waals surface area contributed by atoms with E-state index in [4.69, 9.17) is 9.52 Å². The van der Waals surface area contributed by atoms with Gasteiger partial charge in [0.2, 0.25) is 5.76 Å². The number of nitrogens with zero attached hydrogens (tertiary/aromatic N) is 1. The van der Waals surface area contributed by atoms with E-state index in [1.807, 2.05) is 13.8 Å². The summed E-state index contributed by atoms with van der Waals surface area (Å²) in [4.78, 5) is 15.3. The molecular formula is C13H12FNO3. The maximum Gasteiger partial charge on any atom is 0.374 e. The van der Waals surface area contributed by atoms with Gasteiger partial charge in [0.1, 0.15) is 11.5 Å². The number of carbonyl (C=O) groups is 1. The summed E-state index contributed by atoms with van der Waals surface area (Å²) in [6.07, 6.45) is 0. The van der Waals surface area contributed by atoms with Crippen molar-refractivity contribution in [1.29, 1.82) is 0 Å². The highest BCUT2D eigenvalue weighted by Crippen LogP contribution is 2.27. The van der Waals surface area contributed by atoms with Crippen LogP contribution in [0.3, 0.4) is 0 Å². The smallest absolute Gasteiger partial charge is 0.374 e. The second-order valence-electron chi connectivity index (χ2n) is 4.20. The fourth-order valence-electron chi connectivity index (χ4n) is 1.53. The van der Waals surface area contributed by atoms with Crippen molar-refractivity contribution in [3.05, 3.63) is 41.7 Å². The molecule has 0 saturated heterocycles. The van der Waals surface area contributed by atoms with E-state index in [0.717, 1.165) is 0 Å². The number of carboxylic acids is 1. The van der Waals surface area contributed by atoms with Crippen LogP contribution >= 0.6 is 0 Å². The molecule has 0 aliphatic rings.